The molecule has 25 heavy (non-hydrogen) atoms. The third-order valence-corrected chi connectivity index (χ3v) is 3.43. The molecule has 0 saturated heterocycles. The van der Waals surface area contributed by atoms with Crippen LogP contribution in [-0.2, 0) is 20.7 Å². The molecule has 1 atom stereocenters. The summed E-state index contributed by atoms with van der Waals surface area (Å²) in [5.41, 5.74) is 0.413. The third-order valence-electron chi connectivity index (χ3n) is 3.43. The molecule has 2 aromatic carbocycles. The monoisotopic (exact) mass is 351 g/mol. The van der Waals surface area contributed by atoms with Gasteiger partial charge in [0.25, 0.3) is 5.91 Å². The van der Waals surface area contributed by atoms with Crippen molar-refractivity contribution in [2.24, 2.45) is 0 Å². The van der Waals surface area contributed by atoms with Gasteiger partial charge in [-0.1, -0.05) is 30.3 Å². The Morgan fingerprint density at radius 1 is 1.04 bits per heavy atom. The summed E-state index contributed by atoms with van der Waals surface area (Å²) in [6.07, 6.45) is -0.691. The molecule has 2 aromatic rings. The van der Waals surface area contributed by atoms with Crippen molar-refractivity contribution in [3.8, 4) is 0 Å². The number of amides is 1. The lowest BCUT2D eigenvalue weighted by Crippen LogP contribution is -2.30. The minimum Gasteiger partial charge on any atom is -0.453 e. The highest BCUT2D eigenvalue weighted by Crippen LogP contribution is 2.20. The molecule has 0 fully saturated rings. The minimum atomic E-state index is -1.69. The van der Waals surface area contributed by atoms with Gasteiger partial charge in [0.1, 0.15) is 0 Å². The first-order valence-electron chi connectivity index (χ1n) is 7.56. The second kappa shape index (κ2) is 8.32. The van der Waals surface area contributed by atoms with Crippen LogP contribution < -0.4 is 5.32 Å². The summed E-state index contributed by atoms with van der Waals surface area (Å²) < 4.78 is 44.5. The maximum Gasteiger partial charge on any atom is 0.306 e. The SMILES string of the molecule is C[C@H](OC(=O)CCc1ccccc1)C(=O)Nc1ccc(F)c(F)c1F. The Kier molecular flexibility index (Phi) is 6.16. The predicted octanol–water partition coefficient (Wildman–Crippen LogP) is 3.61. The summed E-state index contributed by atoms with van der Waals surface area (Å²) in [6, 6.07) is 10.8. The van der Waals surface area contributed by atoms with E-state index in [9.17, 15) is 22.8 Å². The van der Waals surface area contributed by atoms with E-state index in [4.69, 9.17) is 4.74 Å². The second-order valence-corrected chi connectivity index (χ2v) is 5.33. The van der Waals surface area contributed by atoms with Crippen molar-refractivity contribution in [2.45, 2.75) is 25.9 Å². The number of halogens is 3. The first-order chi connectivity index (χ1) is 11.9. The Balaban J connectivity index is 1.87. The molecule has 7 heteroatoms. The quantitative estimate of drug-likeness (QED) is 0.639. The zero-order valence-electron chi connectivity index (χ0n) is 13.4. The Morgan fingerprint density at radius 2 is 1.72 bits per heavy atom. The molecule has 4 nitrogen and oxygen atoms in total. The number of hydrogen-bond donors (Lipinski definition) is 1. The van der Waals surface area contributed by atoms with Gasteiger partial charge in [-0.3, -0.25) is 9.59 Å². The molecule has 0 bridgehead atoms. The van der Waals surface area contributed by atoms with E-state index in [0.717, 1.165) is 11.6 Å². The molecule has 0 radical (unpaired) electrons. The lowest BCUT2D eigenvalue weighted by molar-refractivity contribution is -0.153. The number of carbonyl (C=O) groups is 2. The molecule has 2 rings (SSSR count). The van der Waals surface area contributed by atoms with Gasteiger partial charge in [0.15, 0.2) is 23.6 Å². The number of carbonyl (C=O) groups excluding carboxylic acids is 2. The summed E-state index contributed by atoms with van der Waals surface area (Å²) in [5, 5.41) is 2.06. The highest BCUT2D eigenvalue weighted by molar-refractivity contribution is 5.95. The van der Waals surface area contributed by atoms with Gasteiger partial charge in [-0.15, -0.1) is 0 Å². The molecule has 0 aliphatic rings. The van der Waals surface area contributed by atoms with E-state index in [1.54, 1.807) is 0 Å². The standard InChI is InChI=1S/C18H16F3NO3/c1-11(25-15(23)10-7-12-5-3-2-4-6-12)18(24)22-14-9-8-13(19)16(20)17(14)21/h2-6,8-9,11H,7,10H2,1H3,(H,22,24)/t11-/m0/s1. The fourth-order valence-corrected chi connectivity index (χ4v) is 2.06. The van der Waals surface area contributed by atoms with Gasteiger partial charge >= 0.3 is 5.97 Å². The summed E-state index contributed by atoms with van der Waals surface area (Å²) >= 11 is 0. The molecule has 0 aliphatic carbocycles. The Bertz CT molecular complexity index is 766. The Hall–Kier alpha value is -2.83. The Morgan fingerprint density at radius 3 is 2.40 bits per heavy atom. The lowest BCUT2D eigenvalue weighted by atomic mass is 10.1. The van der Waals surface area contributed by atoms with E-state index >= 15 is 0 Å². The molecule has 0 saturated carbocycles. The van der Waals surface area contributed by atoms with Gasteiger partial charge in [-0.2, -0.15) is 0 Å². The topological polar surface area (TPSA) is 55.4 Å². The van der Waals surface area contributed by atoms with Crippen LogP contribution in [0.15, 0.2) is 42.5 Å². The number of nitrogens with one attached hydrogen (secondary N) is 1. The maximum atomic E-state index is 13.5. The summed E-state index contributed by atoms with van der Waals surface area (Å²) in [5.74, 6) is -6.02. The summed E-state index contributed by atoms with van der Waals surface area (Å²) in [7, 11) is 0. The van der Waals surface area contributed by atoms with Crippen LogP contribution in [0.5, 0.6) is 0 Å². The molecule has 1 amide bonds. The van der Waals surface area contributed by atoms with Crippen LogP contribution in [-0.4, -0.2) is 18.0 Å². The molecule has 0 aliphatic heterocycles. The van der Waals surface area contributed by atoms with E-state index in [-0.39, 0.29) is 6.42 Å². The first-order valence-corrected chi connectivity index (χ1v) is 7.56. The van der Waals surface area contributed by atoms with Gasteiger partial charge in [-0.25, -0.2) is 13.2 Å². The van der Waals surface area contributed by atoms with Gasteiger partial charge in [0.2, 0.25) is 0 Å². The van der Waals surface area contributed by atoms with Crippen LogP contribution in [0.1, 0.15) is 18.9 Å². The zero-order chi connectivity index (χ0) is 18.4. The van der Waals surface area contributed by atoms with Crippen LogP contribution in [0.3, 0.4) is 0 Å². The summed E-state index contributed by atoms with van der Waals surface area (Å²) in [6.45, 7) is 1.30. The van der Waals surface area contributed by atoms with E-state index in [1.165, 1.54) is 6.92 Å². The highest BCUT2D eigenvalue weighted by Gasteiger charge is 2.21. The molecule has 1 N–H and O–H groups in total. The predicted molar refractivity (Wildman–Crippen MR) is 85.3 cm³/mol. The van der Waals surface area contributed by atoms with Gasteiger partial charge in [0.05, 0.1) is 5.69 Å². The average Bonchev–Trinajstić information content (AvgIpc) is 2.61. The van der Waals surface area contributed by atoms with Crippen LogP contribution in [0.4, 0.5) is 18.9 Å². The number of aryl methyl sites for hydroxylation is 1. The minimum absolute atomic E-state index is 0.0706. The van der Waals surface area contributed by atoms with Crippen molar-refractivity contribution in [1.29, 1.82) is 0 Å². The largest absolute Gasteiger partial charge is 0.453 e. The second-order valence-electron chi connectivity index (χ2n) is 5.33. The lowest BCUT2D eigenvalue weighted by Gasteiger charge is -2.14. The van der Waals surface area contributed by atoms with E-state index in [2.05, 4.69) is 5.32 Å². The molecule has 0 heterocycles. The first kappa shape index (κ1) is 18.5. The van der Waals surface area contributed by atoms with Crippen molar-refractivity contribution in [2.75, 3.05) is 5.32 Å². The van der Waals surface area contributed by atoms with Crippen molar-refractivity contribution in [3.63, 3.8) is 0 Å². The van der Waals surface area contributed by atoms with Crippen LogP contribution >= 0.6 is 0 Å². The fourth-order valence-electron chi connectivity index (χ4n) is 2.06. The molecule has 0 spiro atoms. The number of ether oxygens (including phenoxy) is 1. The van der Waals surface area contributed by atoms with Crippen LogP contribution in [0, 0.1) is 17.5 Å². The fraction of sp³-hybridized carbons (Fsp3) is 0.222. The van der Waals surface area contributed by atoms with Crippen LogP contribution in [0.25, 0.3) is 0 Å². The highest BCUT2D eigenvalue weighted by atomic mass is 19.2. The molecule has 0 unspecified atom stereocenters. The van der Waals surface area contributed by atoms with E-state index in [0.29, 0.717) is 12.5 Å². The van der Waals surface area contributed by atoms with Gasteiger partial charge < -0.3 is 10.1 Å². The van der Waals surface area contributed by atoms with Gasteiger partial charge in [-0.05, 0) is 31.0 Å². The molecular weight excluding hydrogens is 335 g/mol. The molecule has 0 aromatic heterocycles. The van der Waals surface area contributed by atoms with Crippen molar-refractivity contribution in [1.82, 2.24) is 0 Å². The van der Waals surface area contributed by atoms with Crippen molar-refractivity contribution in [3.05, 3.63) is 65.5 Å². The van der Waals surface area contributed by atoms with Crippen molar-refractivity contribution < 1.29 is 27.5 Å². The zero-order valence-corrected chi connectivity index (χ0v) is 13.4. The summed E-state index contributed by atoms with van der Waals surface area (Å²) in [4.78, 5) is 23.7. The maximum absolute atomic E-state index is 13.5. The number of benzene rings is 2. The average molecular weight is 351 g/mol. The molecular formula is C18H16F3NO3. The number of hydrogen-bond acceptors (Lipinski definition) is 3. The third kappa shape index (κ3) is 5.07. The van der Waals surface area contributed by atoms with Crippen molar-refractivity contribution >= 4 is 17.6 Å². The van der Waals surface area contributed by atoms with E-state index < -0.39 is 41.1 Å². The van der Waals surface area contributed by atoms with E-state index in [1.807, 2.05) is 30.3 Å². The number of rotatable bonds is 6. The molecule has 132 valence electrons. The number of esters is 1. The van der Waals surface area contributed by atoms with Gasteiger partial charge in [0, 0.05) is 6.42 Å². The Labute approximate surface area is 142 Å². The van der Waals surface area contributed by atoms with Crippen LogP contribution in [0.2, 0.25) is 0 Å². The number of anilines is 1. The smallest absolute Gasteiger partial charge is 0.306 e. The normalized spacial score (nSPS) is 11.7.